The quantitative estimate of drug-likeness (QED) is 0.662. The lowest BCUT2D eigenvalue weighted by Crippen LogP contribution is -1.96. The van der Waals surface area contributed by atoms with Crippen LogP contribution in [0.25, 0.3) is 12.2 Å². The normalized spacial score (nSPS) is 10.5. The molecule has 2 aromatic carbocycles. The average molecular weight is 253 g/mol. The fourth-order valence-electron chi connectivity index (χ4n) is 1.67. The first-order valence-corrected chi connectivity index (χ1v) is 5.64. The van der Waals surface area contributed by atoms with Gasteiger partial charge in [-0.2, -0.15) is 0 Å². The number of hydrogen-bond donors (Lipinski definition) is 1. The summed E-state index contributed by atoms with van der Waals surface area (Å²) in [5.41, 5.74) is 1.59. The molecule has 0 unspecified atom stereocenters. The third-order valence-corrected chi connectivity index (χ3v) is 2.62. The second-order valence-electron chi connectivity index (χ2n) is 3.92. The van der Waals surface area contributed by atoms with Crippen LogP contribution < -0.4 is 0 Å². The molecule has 0 saturated carbocycles. The summed E-state index contributed by atoms with van der Waals surface area (Å²) >= 11 is 0. The molecule has 0 saturated heterocycles. The molecule has 0 amide bonds. The monoisotopic (exact) mass is 253 g/mol. The number of benzene rings is 2. The molecule has 0 aliphatic heterocycles. The number of carbonyl (C=O) groups is 1. The smallest absolute Gasteiger partial charge is 0.338 e. The molecule has 94 valence electrons. The van der Waals surface area contributed by atoms with Gasteiger partial charge in [-0.3, -0.25) is 0 Å². The van der Waals surface area contributed by atoms with Crippen LogP contribution in [0, 0.1) is 4.91 Å². The molecule has 0 spiro atoms. The van der Waals surface area contributed by atoms with Gasteiger partial charge < -0.3 is 5.11 Å². The molecule has 0 aromatic heterocycles. The van der Waals surface area contributed by atoms with Gasteiger partial charge in [0.05, 0.1) is 5.56 Å². The lowest BCUT2D eigenvalue weighted by atomic mass is 10.1. The van der Waals surface area contributed by atoms with Gasteiger partial charge in [-0.1, -0.05) is 48.6 Å². The lowest BCUT2D eigenvalue weighted by Gasteiger charge is -2.00. The molecule has 19 heavy (non-hydrogen) atoms. The maximum absolute atomic E-state index is 10.9. The van der Waals surface area contributed by atoms with E-state index in [-0.39, 0.29) is 11.3 Å². The third-order valence-electron chi connectivity index (χ3n) is 2.62. The van der Waals surface area contributed by atoms with Crippen molar-refractivity contribution in [2.24, 2.45) is 5.18 Å². The second-order valence-corrected chi connectivity index (χ2v) is 3.92. The van der Waals surface area contributed by atoms with Crippen molar-refractivity contribution < 1.29 is 9.90 Å². The van der Waals surface area contributed by atoms with Crippen molar-refractivity contribution in [2.75, 3.05) is 0 Å². The standard InChI is InChI=1S/C15H11NO3/c17-15(18)13-9-8-12(10-14(13)16-19)7-6-11-4-2-1-3-5-11/h1-10H,(H,17,18)/b7-6+. The predicted octanol–water partition coefficient (Wildman–Crippen LogP) is 3.95. The number of carboxylic acid groups (broad SMARTS) is 1. The van der Waals surface area contributed by atoms with Gasteiger partial charge in [0.2, 0.25) is 0 Å². The van der Waals surface area contributed by atoms with Crippen molar-refractivity contribution >= 4 is 23.8 Å². The van der Waals surface area contributed by atoms with Gasteiger partial charge in [0.1, 0.15) is 5.69 Å². The molecule has 0 aliphatic carbocycles. The highest BCUT2D eigenvalue weighted by molar-refractivity contribution is 5.94. The van der Waals surface area contributed by atoms with Crippen molar-refractivity contribution in [1.82, 2.24) is 0 Å². The Morgan fingerprint density at radius 1 is 1.00 bits per heavy atom. The topological polar surface area (TPSA) is 66.7 Å². The summed E-state index contributed by atoms with van der Waals surface area (Å²) in [4.78, 5) is 21.5. The highest BCUT2D eigenvalue weighted by Crippen LogP contribution is 2.22. The fourth-order valence-corrected chi connectivity index (χ4v) is 1.67. The van der Waals surface area contributed by atoms with Gasteiger partial charge in [0.25, 0.3) is 0 Å². The second kappa shape index (κ2) is 5.73. The first kappa shape index (κ1) is 12.7. The Labute approximate surface area is 110 Å². The predicted molar refractivity (Wildman–Crippen MR) is 74.2 cm³/mol. The number of nitroso groups, excluding NO2 is 1. The van der Waals surface area contributed by atoms with Crippen LogP contribution in [0.3, 0.4) is 0 Å². The molecular formula is C15H11NO3. The molecule has 0 aliphatic rings. The Kier molecular flexibility index (Phi) is 3.83. The van der Waals surface area contributed by atoms with Crippen molar-refractivity contribution in [3.63, 3.8) is 0 Å². The van der Waals surface area contributed by atoms with Gasteiger partial charge in [-0.15, -0.1) is 4.91 Å². The minimum atomic E-state index is -1.16. The summed E-state index contributed by atoms with van der Waals surface area (Å²) < 4.78 is 0. The Balaban J connectivity index is 2.29. The number of rotatable bonds is 4. The number of nitrogens with zero attached hydrogens (tertiary/aromatic N) is 1. The van der Waals surface area contributed by atoms with Crippen LogP contribution >= 0.6 is 0 Å². The van der Waals surface area contributed by atoms with Crippen molar-refractivity contribution in [2.45, 2.75) is 0 Å². The molecule has 2 aromatic rings. The molecule has 4 heteroatoms. The summed E-state index contributed by atoms with van der Waals surface area (Å²) in [6.45, 7) is 0. The van der Waals surface area contributed by atoms with Gasteiger partial charge >= 0.3 is 5.97 Å². The summed E-state index contributed by atoms with van der Waals surface area (Å²) in [7, 11) is 0. The minimum absolute atomic E-state index is 0.0669. The lowest BCUT2D eigenvalue weighted by molar-refractivity contribution is 0.0698. The van der Waals surface area contributed by atoms with Crippen LogP contribution in [0.1, 0.15) is 21.5 Å². The summed E-state index contributed by atoms with van der Waals surface area (Å²) in [5, 5.41) is 11.6. The maximum Gasteiger partial charge on any atom is 0.338 e. The van der Waals surface area contributed by atoms with Crippen molar-refractivity contribution in [3.05, 3.63) is 70.1 Å². The molecule has 0 fully saturated rings. The average Bonchev–Trinajstić information content (AvgIpc) is 2.45. The first-order valence-electron chi connectivity index (χ1n) is 5.64. The van der Waals surface area contributed by atoms with E-state index in [0.717, 1.165) is 11.1 Å². The van der Waals surface area contributed by atoms with Crippen LogP contribution in [0.2, 0.25) is 0 Å². The number of carboxylic acids is 1. The number of hydrogen-bond acceptors (Lipinski definition) is 3. The first-order chi connectivity index (χ1) is 9.20. The Morgan fingerprint density at radius 2 is 1.68 bits per heavy atom. The molecular weight excluding hydrogens is 242 g/mol. The van der Waals surface area contributed by atoms with Crippen molar-refractivity contribution in [1.29, 1.82) is 0 Å². The van der Waals surface area contributed by atoms with Gasteiger partial charge in [-0.25, -0.2) is 4.79 Å². The van der Waals surface area contributed by atoms with E-state index in [4.69, 9.17) is 5.11 Å². The van der Waals surface area contributed by atoms with Crippen LogP contribution in [-0.2, 0) is 0 Å². The molecule has 0 radical (unpaired) electrons. The highest BCUT2D eigenvalue weighted by atomic mass is 16.4. The third kappa shape index (κ3) is 3.13. The van der Waals surface area contributed by atoms with Crippen LogP contribution in [0.4, 0.5) is 5.69 Å². The molecule has 1 N–H and O–H groups in total. The van der Waals surface area contributed by atoms with Gasteiger partial charge in [0, 0.05) is 0 Å². The van der Waals surface area contributed by atoms with E-state index >= 15 is 0 Å². The van der Waals surface area contributed by atoms with E-state index in [2.05, 4.69) is 5.18 Å². The van der Waals surface area contributed by atoms with E-state index in [1.54, 1.807) is 12.1 Å². The van der Waals surface area contributed by atoms with Crippen LogP contribution in [0.5, 0.6) is 0 Å². The largest absolute Gasteiger partial charge is 0.478 e. The van der Waals surface area contributed by atoms with Gasteiger partial charge in [-0.05, 0) is 28.4 Å². The summed E-state index contributed by atoms with van der Waals surface area (Å²) in [6.07, 6.45) is 3.68. The van der Waals surface area contributed by atoms with Crippen LogP contribution in [0.15, 0.2) is 53.7 Å². The minimum Gasteiger partial charge on any atom is -0.478 e. The Morgan fingerprint density at radius 3 is 2.32 bits per heavy atom. The number of aromatic carboxylic acids is 1. The summed E-state index contributed by atoms with van der Waals surface area (Å²) in [6, 6.07) is 14.1. The van der Waals surface area contributed by atoms with Crippen LogP contribution in [-0.4, -0.2) is 11.1 Å². The van der Waals surface area contributed by atoms with E-state index in [1.165, 1.54) is 12.1 Å². The zero-order valence-electron chi connectivity index (χ0n) is 9.98. The molecule has 2 rings (SSSR count). The molecule has 0 bridgehead atoms. The summed E-state index contributed by atoms with van der Waals surface area (Å²) in [5.74, 6) is -1.16. The molecule has 0 heterocycles. The van der Waals surface area contributed by atoms with E-state index in [0.29, 0.717) is 0 Å². The molecule has 4 nitrogen and oxygen atoms in total. The Hall–Kier alpha value is -2.75. The zero-order valence-corrected chi connectivity index (χ0v) is 9.98. The SMILES string of the molecule is O=Nc1cc(/C=C/c2ccccc2)ccc1C(=O)O. The van der Waals surface area contributed by atoms with Crippen molar-refractivity contribution in [3.8, 4) is 0 Å². The zero-order chi connectivity index (χ0) is 13.7. The van der Waals surface area contributed by atoms with Gasteiger partial charge in [0.15, 0.2) is 0 Å². The van der Waals surface area contributed by atoms with E-state index in [9.17, 15) is 9.70 Å². The van der Waals surface area contributed by atoms with E-state index in [1.807, 2.05) is 36.4 Å². The van der Waals surface area contributed by atoms with E-state index < -0.39 is 5.97 Å². The Bertz CT molecular complexity index is 633. The highest BCUT2D eigenvalue weighted by Gasteiger charge is 2.10. The molecule has 0 atom stereocenters. The fraction of sp³-hybridized carbons (Fsp3) is 0. The maximum atomic E-state index is 10.9.